The molecule has 0 saturated carbocycles. The van der Waals surface area contributed by atoms with Crippen LogP contribution < -0.4 is 10.6 Å². The highest BCUT2D eigenvalue weighted by molar-refractivity contribution is 6.04. The Morgan fingerprint density at radius 3 is 2.31 bits per heavy atom. The Hall–Kier alpha value is -4.07. The standard InChI is InChI=1S/C24H24N6O2/c1-15(31)27-20-10-7-17(14-25-20)19-13-21(28-22-11-12-26-30(19)22)29-23(32)16-5-8-18(9-6-16)24(2,3)4/h5-14H,1-4H3,(H,25,27,31)(H,28,29,32). The molecule has 3 heterocycles. The summed E-state index contributed by atoms with van der Waals surface area (Å²) >= 11 is 0. The van der Waals surface area contributed by atoms with Gasteiger partial charge >= 0.3 is 0 Å². The van der Waals surface area contributed by atoms with Crippen molar-refractivity contribution >= 4 is 29.1 Å². The van der Waals surface area contributed by atoms with Crippen LogP contribution in [0.5, 0.6) is 0 Å². The number of aromatic nitrogens is 4. The molecule has 8 heteroatoms. The lowest BCUT2D eigenvalue weighted by atomic mass is 9.87. The van der Waals surface area contributed by atoms with Gasteiger partial charge in [-0.1, -0.05) is 32.9 Å². The zero-order chi connectivity index (χ0) is 22.9. The molecule has 0 aliphatic heterocycles. The van der Waals surface area contributed by atoms with E-state index in [4.69, 9.17) is 0 Å². The number of carbonyl (C=O) groups is 2. The van der Waals surface area contributed by atoms with Crippen LogP contribution >= 0.6 is 0 Å². The molecular weight excluding hydrogens is 404 g/mol. The fourth-order valence-corrected chi connectivity index (χ4v) is 3.29. The van der Waals surface area contributed by atoms with Gasteiger partial charge in [-0.15, -0.1) is 0 Å². The molecule has 32 heavy (non-hydrogen) atoms. The van der Waals surface area contributed by atoms with Crippen molar-refractivity contribution in [3.63, 3.8) is 0 Å². The van der Waals surface area contributed by atoms with Crippen molar-refractivity contribution in [3.8, 4) is 11.3 Å². The normalized spacial score (nSPS) is 11.4. The summed E-state index contributed by atoms with van der Waals surface area (Å²) in [7, 11) is 0. The first-order valence-corrected chi connectivity index (χ1v) is 10.2. The molecule has 0 aliphatic carbocycles. The SMILES string of the molecule is CC(=O)Nc1ccc(-c2cc(NC(=O)c3ccc(C(C)(C)C)cc3)nc3ccnn23)cn1. The number of fused-ring (bicyclic) bond motifs is 1. The zero-order valence-corrected chi connectivity index (χ0v) is 18.4. The third-order valence-electron chi connectivity index (χ3n) is 4.98. The third-order valence-corrected chi connectivity index (χ3v) is 4.98. The predicted octanol–water partition coefficient (Wildman–Crippen LogP) is 4.30. The van der Waals surface area contributed by atoms with Crippen molar-refractivity contribution in [1.82, 2.24) is 19.6 Å². The lowest BCUT2D eigenvalue weighted by Crippen LogP contribution is -2.15. The second-order valence-corrected chi connectivity index (χ2v) is 8.52. The molecule has 0 spiro atoms. The summed E-state index contributed by atoms with van der Waals surface area (Å²) in [6.07, 6.45) is 3.28. The summed E-state index contributed by atoms with van der Waals surface area (Å²) in [5, 5.41) is 9.84. The van der Waals surface area contributed by atoms with Crippen molar-refractivity contribution in [2.45, 2.75) is 33.1 Å². The second-order valence-electron chi connectivity index (χ2n) is 8.52. The fourth-order valence-electron chi connectivity index (χ4n) is 3.29. The van der Waals surface area contributed by atoms with Gasteiger partial charge in [-0.2, -0.15) is 5.10 Å². The van der Waals surface area contributed by atoms with Gasteiger partial charge in [0.15, 0.2) is 5.65 Å². The smallest absolute Gasteiger partial charge is 0.256 e. The summed E-state index contributed by atoms with van der Waals surface area (Å²) in [5.74, 6) is 0.430. The Bertz CT molecular complexity index is 1290. The molecule has 2 N–H and O–H groups in total. The summed E-state index contributed by atoms with van der Waals surface area (Å²) < 4.78 is 1.67. The van der Waals surface area contributed by atoms with E-state index in [1.54, 1.807) is 35.1 Å². The molecule has 3 aromatic heterocycles. The van der Waals surface area contributed by atoms with E-state index >= 15 is 0 Å². The Morgan fingerprint density at radius 2 is 1.69 bits per heavy atom. The Labute approximate surface area is 185 Å². The molecule has 4 rings (SSSR count). The van der Waals surface area contributed by atoms with Gasteiger partial charge in [0, 0.05) is 36.4 Å². The molecule has 4 aromatic rings. The molecular formula is C24H24N6O2. The first kappa shape index (κ1) is 21.2. The van der Waals surface area contributed by atoms with Gasteiger partial charge in [-0.05, 0) is 35.2 Å². The number of benzene rings is 1. The minimum atomic E-state index is -0.244. The zero-order valence-electron chi connectivity index (χ0n) is 18.4. The summed E-state index contributed by atoms with van der Waals surface area (Å²) in [6.45, 7) is 7.82. The van der Waals surface area contributed by atoms with Crippen LogP contribution in [0.3, 0.4) is 0 Å². The number of nitrogens with one attached hydrogen (secondary N) is 2. The van der Waals surface area contributed by atoms with Gasteiger partial charge in [-0.25, -0.2) is 14.5 Å². The van der Waals surface area contributed by atoms with Crippen LogP contribution in [-0.2, 0) is 10.2 Å². The van der Waals surface area contributed by atoms with Crippen molar-refractivity contribution in [1.29, 1.82) is 0 Å². The van der Waals surface area contributed by atoms with E-state index in [0.29, 0.717) is 28.5 Å². The highest BCUT2D eigenvalue weighted by Crippen LogP contribution is 2.25. The maximum atomic E-state index is 12.8. The maximum absolute atomic E-state index is 12.8. The summed E-state index contributed by atoms with van der Waals surface area (Å²) in [4.78, 5) is 32.8. The van der Waals surface area contributed by atoms with Crippen LogP contribution in [0.4, 0.5) is 11.6 Å². The minimum absolute atomic E-state index is 0.0159. The van der Waals surface area contributed by atoms with Crippen LogP contribution in [-0.4, -0.2) is 31.4 Å². The Kier molecular flexibility index (Phi) is 5.44. The predicted molar refractivity (Wildman–Crippen MR) is 124 cm³/mol. The number of carbonyl (C=O) groups excluding carboxylic acids is 2. The number of amides is 2. The number of rotatable bonds is 4. The van der Waals surface area contributed by atoms with E-state index in [2.05, 4.69) is 46.5 Å². The second kappa shape index (κ2) is 8.22. The monoisotopic (exact) mass is 428 g/mol. The average molecular weight is 428 g/mol. The largest absolute Gasteiger partial charge is 0.311 e. The van der Waals surface area contributed by atoms with Crippen LogP contribution in [0.25, 0.3) is 16.9 Å². The third kappa shape index (κ3) is 4.49. The van der Waals surface area contributed by atoms with Gasteiger partial charge < -0.3 is 10.6 Å². The van der Waals surface area contributed by atoms with Crippen LogP contribution in [0, 0.1) is 0 Å². The molecule has 162 valence electrons. The maximum Gasteiger partial charge on any atom is 0.256 e. The lowest BCUT2D eigenvalue weighted by molar-refractivity contribution is -0.114. The first-order chi connectivity index (χ1) is 15.2. The van der Waals surface area contributed by atoms with Crippen molar-refractivity contribution in [3.05, 3.63) is 72.1 Å². The quantitative estimate of drug-likeness (QED) is 0.505. The topological polar surface area (TPSA) is 101 Å². The number of nitrogens with zero attached hydrogens (tertiary/aromatic N) is 4. The van der Waals surface area contributed by atoms with Crippen LogP contribution in [0.1, 0.15) is 43.6 Å². The molecule has 1 aromatic carbocycles. The van der Waals surface area contributed by atoms with Crippen molar-refractivity contribution < 1.29 is 9.59 Å². The van der Waals surface area contributed by atoms with E-state index < -0.39 is 0 Å². The molecule has 0 aliphatic rings. The minimum Gasteiger partial charge on any atom is -0.311 e. The highest BCUT2D eigenvalue weighted by atomic mass is 16.2. The summed E-state index contributed by atoms with van der Waals surface area (Å²) in [5.41, 5.74) is 3.79. The fraction of sp³-hybridized carbons (Fsp3) is 0.208. The van der Waals surface area contributed by atoms with E-state index in [-0.39, 0.29) is 17.2 Å². The van der Waals surface area contributed by atoms with E-state index in [1.165, 1.54) is 6.92 Å². The van der Waals surface area contributed by atoms with Crippen molar-refractivity contribution in [2.24, 2.45) is 0 Å². The number of anilines is 2. The van der Waals surface area contributed by atoms with E-state index in [9.17, 15) is 9.59 Å². The van der Waals surface area contributed by atoms with Gasteiger partial charge in [0.2, 0.25) is 5.91 Å². The highest BCUT2D eigenvalue weighted by Gasteiger charge is 2.16. The van der Waals surface area contributed by atoms with Gasteiger partial charge in [-0.3, -0.25) is 9.59 Å². The summed E-state index contributed by atoms with van der Waals surface area (Å²) in [6, 6.07) is 14.6. The molecule has 0 fully saturated rings. The van der Waals surface area contributed by atoms with E-state index in [1.807, 2.05) is 30.3 Å². The van der Waals surface area contributed by atoms with Gasteiger partial charge in [0.25, 0.3) is 5.91 Å². The molecule has 0 radical (unpaired) electrons. The lowest BCUT2D eigenvalue weighted by Gasteiger charge is -2.19. The van der Waals surface area contributed by atoms with Crippen LogP contribution in [0.15, 0.2) is 60.9 Å². The van der Waals surface area contributed by atoms with E-state index in [0.717, 1.165) is 11.1 Å². The van der Waals surface area contributed by atoms with Crippen LogP contribution in [0.2, 0.25) is 0 Å². The number of hydrogen-bond donors (Lipinski definition) is 2. The Morgan fingerprint density at radius 1 is 0.938 bits per heavy atom. The first-order valence-electron chi connectivity index (χ1n) is 10.2. The van der Waals surface area contributed by atoms with Gasteiger partial charge in [0.1, 0.15) is 11.6 Å². The average Bonchev–Trinajstić information content (AvgIpc) is 3.21. The molecule has 0 atom stereocenters. The van der Waals surface area contributed by atoms with Gasteiger partial charge in [0.05, 0.1) is 11.9 Å². The molecule has 0 unspecified atom stereocenters. The molecule has 0 saturated heterocycles. The molecule has 8 nitrogen and oxygen atoms in total. The molecule has 0 bridgehead atoms. The Balaban J connectivity index is 1.63. The van der Waals surface area contributed by atoms with Crippen molar-refractivity contribution in [2.75, 3.05) is 10.6 Å². The number of hydrogen-bond acceptors (Lipinski definition) is 5. The molecule has 2 amide bonds. The number of pyridine rings is 1.